The van der Waals surface area contributed by atoms with Gasteiger partial charge in [0, 0.05) is 19.3 Å². The van der Waals surface area contributed by atoms with Gasteiger partial charge in [0.25, 0.3) is 0 Å². The van der Waals surface area contributed by atoms with Gasteiger partial charge in [-0.3, -0.25) is 14.4 Å². The van der Waals surface area contributed by atoms with Crippen molar-refractivity contribution >= 4 is 17.9 Å². The second kappa shape index (κ2) is 72.4. The summed E-state index contributed by atoms with van der Waals surface area (Å²) in [7, 11) is 0. The molecule has 0 N–H and O–H groups in total. The summed E-state index contributed by atoms with van der Waals surface area (Å²) < 4.78 is 17.1. The highest BCUT2D eigenvalue weighted by Crippen LogP contribution is 2.19. The van der Waals surface area contributed by atoms with E-state index in [1.165, 1.54) is 327 Å². The molecule has 0 heterocycles. The zero-order chi connectivity index (χ0) is 59.9. The van der Waals surface area contributed by atoms with Crippen molar-refractivity contribution in [3.63, 3.8) is 0 Å². The van der Waals surface area contributed by atoms with Gasteiger partial charge in [-0.05, 0) is 51.4 Å². The van der Waals surface area contributed by atoms with Crippen molar-refractivity contribution in [2.24, 2.45) is 0 Å². The average molecular weight is 1170 g/mol. The number of rotatable bonds is 71. The summed E-state index contributed by atoms with van der Waals surface area (Å²) in [5.74, 6) is -0.831. The third-order valence-electron chi connectivity index (χ3n) is 17.5. The van der Waals surface area contributed by atoms with Gasteiger partial charge in [-0.25, -0.2) is 0 Å². The lowest BCUT2D eigenvalue weighted by Crippen LogP contribution is -2.30. The third kappa shape index (κ3) is 70.5. The Balaban J connectivity index is 4.29. The van der Waals surface area contributed by atoms with Crippen LogP contribution in [0.25, 0.3) is 0 Å². The Morgan fingerprint density at radius 2 is 0.434 bits per heavy atom. The smallest absolute Gasteiger partial charge is 0.306 e. The second-order valence-corrected chi connectivity index (χ2v) is 25.9. The lowest BCUT2D eigenvalue weighted by Gasteiger charge is -2.18. The van der Waals surface area contributed by atoms with Crippen LogP contribution < -0.4 is 0 Å². The summed E-state index contributed by atoms with van der Waals surface area (Å²) in [5.41, 5.74) is 0. The molecule has 0 fully saturated rings. The maximum Gasteiger partial charge on any atom is 0.306 e. The minimum Gasteiger partial charge on any atom is -0.462 e. The Bertz CT molecular complexity index is 1340. The molecular formula is C77H146O6. The number of unbranched alkanes of at least 4 members (excludes halogenated alkanes) is 56. The predicted octanol–water partition coefficient (Wildman–Crippen LogP) is 26.1. The highest BCUT2D eigenvalue weighted by Gasteiger charge is 2.20. The Kier molecular flexibility index (Phi) is 70.5. The number of hydrogen-bond donors (Lipinski definition) is 0. The van der Waals surface area contributed by atoms with Gasteiger partial charge in [-0.15, -0.1) is 0 Å². The van der Waals surface area contributed by atoms with E-state index in [1.54, 1.807) is 0 Å². The van der Waals surface area contributed by atoms with Crippen molar-refractivity contribution in [2.45, 2.75) is 438 Å². The molecule has 1 unspecified atom stereocenters. The Morgan fingerprint density at radius 3 is 0.663 bits per heavy atom. The van der Waals surface area contributed by atoms with Gasteiger partial charge < -0.3 is 14.2 Å². The Morgan fingerprint density at radius 1 is 0.241 bits per heavy atom. The van der Waals surface area contributed by atoms with Crippen LogP contribution in [0, 0.1) is 0 Å². The first kappa shape index (κ1) is 80.9. The first-order valence-corrected chi connectivity index (χ1v) is 37.8. The van der Waals surface area contributed by atoms with E-state index < -0.39 is 6.10 Å². The standard InChI is InChI=1S/C77H146O6/c1-4-7-10-13-16-19-22-25-28-31-34-37-38-41-43-46-49-52-55-58-61-64-67-70-76(79)82-73-74(83-77(80)71-68-65-62-59-56-53-50-47-44-40-36-33-30-27-24-21-18-15-12-9-6-3)72-81-75(78)69-66-63-60-57-54-51-48-45-42-39-35-32-29-26-23-20-17-14-11-8-5-2/h24,27,33,36,74H,4-23,25-26,28-32,34-35,37-73H2,1-3H3/b27-24-,36-33-. The maximum atomic E-state index is 13.0. The molecule has 83 heavy (non-hydrogen) atoms. The molecule has 0 saturated heterocycles. The summed E-state index contributed by atoms with van der Waals surface area (Å²) >= 11 is 0. The molecule has 0 bridgehead atoms. The van der Waals surface area contributed by atoms with Crippen LogP contribution in [0.15, 0.2) is 24.3 Å². The first-order chi connectivity index (χ1) is 41.0. The normalized spacial score (nSPS) is 12.1. The van der Waals surface area contributed by atoms with Gasteiger partial charge in [0.2, 0.25) is 0 Å². The van der Waals surface area contributed by atoms with Gasteiger partial charge in [-0.1, -0.05) is 385 Å². The average Bonchev–Trinajstić information content (AvgIpc) is 3.49. The van der Waals surface area contributed by atoms with Crippen LogP contribution in [0.5, 0.6) is 0 Å². The largest absolute Gasteiger partial charge is 0.462 e. The van der Waals surface area contributed by atoms with E-state index in [0.717, 1.165) is 64.2 Å². The van der Waals surface area contributed by atoms with E-state index in [2.05, 4.69) is 45.1 Å². The second-order valence-electron chi connectivity index (χ2n) is 25.9. The van der Waals surface area contributed by atoms with Crippen LogP contribution in [-0.4, -0.2) is 37.2 Å². The molecule has 0 saturated carbocycles. The number of carbonyl (C=O) groups excluding carboxylic acids is 3. The summed E-state index contributed by atoms with van der Waals surface area (Å²) in [6.07, 6.45) is 89.3. The lowest BCUT2D eigenvalue weighted by molar-refractivity contribution is -0.167. The molecule has 6 nitrogen and oxygen atoms in total. The molecule has 0 amide bonds. The molecule has 1 atom stereocenters. The van der Waals surface area contributed by atoms with Crippen LogP contribution >= 0.6 is 0 Å². The number of allylic oxidation sites excluding steroid dienone is 4. The quantitative estimate of drug-likeness (QED) is 0.0261. The Hall–Kier alpha value is -2.11. The minimum atomic E-state index is -0.772. The zero-order valence-corrected chi connectivity index (χ0v) is 56.5. The molecule has 0 aromatic heterocycles. The molecule has 0 aromatic rings. The fraction of sp³-hybridized carbons (Fsp3) is 0.909. The van der Waals surface area contributed by atoms with Gasteiger partial charge >= 0.3 is 17.9 Å². The van der Waals surface area contributed by atoms with Crippen LogP contribution in [0.1, 0.15) is 432 Å². The summed E-state index contributed by atoms with van der Waals surface area (Å²) in [5, 5.41) is 0. The van der Waals surface area contributed by atoms with Crippen LogP contribution in [0.3, 0.4) is 0 Å². The van der Waals surface area contributed by atoms with Crippen molar-refractivity contribution in [1.82, 2.24) is 0 Å². The highest BCUT2D eigenvalue weighted by atomic mass is 16.6. The molecule has 490 valence electrons. The third-order valence-corrected chi connectivity index (χ3v) is 17.5. The predicted molar refractivity (Wildman–Crippen MR) is 363 cm³/mol. The molecule has 0 spiro atoms. The number of ether oxygens (including phenoxy) is 3. The Labute approximate surface area is 519 Å². The van der Waals surface area contributed by atoms with Gasteiger partial charge in [0.15, 0.2) is 6.10 Å². The lowest BCUT2D eigenvalue weighted by atomic mass is 10.0. The number of carbonyl (C=O) groups is 3. The summed E-state index contributed by atoms with van der Waals surface area (Å²) in [4.78, 5) is 38.6. The van der Waals surface area contributed by atoms with Gasteiger partial charge in [-0.2, -0.15) is 0 Å². The molecule has 0 aliphatic heterocycles. The monoisotopic (exact) mass is 1170 g/mol. The molecule has 0 aliphatic carbocycles. The van der Waals surface area contributed by atoms with Gasteiger partial charge in [0.1, 0.15) is 13.2 Å². The van der Waals surface area contributed by atoms with Crippen LogP contribution in [0.2, 0.25) is 0 Å². The van der Waals surface area contributed by atoms with E-state index in [0.29, 0.717) is 19.3 Å². The summed E-state index contributed by atoms with van der Waals surface area (Å²) in [6.45, 7) is 6.73. The maximum absolute atomic E-state index is 13.0. The van der Waals surface area contributed by atoms with E-state index in [4.69, 9.17) is 14.2 Å². The van der Waals surface area contributed by atoms with Crippen molar-refractivity contribution in [3.05, 3.63) is 24.3 Å². The molecular weight excluding hydrogens is 1020 g/mol. The molecule has 0 aliphatic rings. The molecule has 0 aromatic carbocycles. The van der Waals surface area contributed by atoms with Crippen molar-refractivity contribution in [3.8, 4) is 0 Å². The van der Waals surface area contributed by atoms with E-state index >= 15 is 0 Å². The molecule has 6 heteroatoms. The fourth-order valence-corrected chi connectivity index (χ4v) is 11.8. The van der Waals surface area contributed by atoms with Crippen molar-refractivity contribution < 1.29 is 28.6 Å². The highest BCUT2D eigenvalue weighted by molar-refractivity contribution is 5.71. The van der Waals surface area contributed by atoms with Crippen molar-refractivity contribution in [2.75, 3.05) is 13.2 Å². The van der Waals surface area contributed by atoms with E-state index in [1.807, 2.05) is 0 Å². The summed E-state index contributed by atoms with van der Waals surface area (Å²) in [6, 6.07) is 0. The van der Waals surface area contributed by atoms with E-state index in [9.17, 15) is 14.4 Å². The molecule has 0 rings (SSSR count). The van der Waals surface area contributed by atoms with Gasteiger partial charge in [0.05, 0.1) is 0 Å². The van der Waals surface area contributed by atoms with Crippen LogP contribution in [0.4, 0.5) is 0 Å². The first-order valence-electron chi connectivity index (χ1n) is 37.8. The van der Waals surface area contributed by atoms with Crippen molar-refractivity contribution in [1.29, 1.82) is 0 Å². The minimum absolute atomic E-state index is 0.0660. The zero-order valence-electron chi connectivity index (χ0n) is 56.5. The fourth-order valence-electron chi connectivity index (χ4n) is 11.8. The SMILES string of the molecule is CCCCCCC/C=C\C/C=C\CCCCCCCCCCCC(=O)OC(COC(=O)CCCCCCCCCCCCCCCCCCCCCCC)COC(=O)CCCCCCCCCCCCCCCCCCCCCCCCC. The number of esters is 3. The molecule has 0 radical (unpaired) electrons. The van der Waals surface area contributed by atoms with E-state index in [-0.39, 0.29) is 31.1 Å². The number of hydrogen-bond acceptors (Lipinski definition) is 6. The van der Waals surface area contributed by atoms with Crippen LogP contribution in [-0.2, 0) is 28.6 Å². The topological polar surface area (TPSA) is 78.9 Å².